The van der Waals surface area contributed by atoms with Gasteiger partial charge in [-0.2, -0.15) is 0 Å². The van der Waals surface area contributed by atoms with Gasteiger partial charge in [0.2, 0.25) is 0 Å². The van der Waals surface area contributed by atoms with Crippen LogP contribution >= 0.6 is 0 Å². The summed E-state index contributed by atoms with van der Waals surface area (Å²) in [5.74, 6) is 0.0305. The lowest BCUT2D eigenvalue weighted by atomic mass is 10.1. The number of rotatable bonds is 1. The van der Waals surface area contributed by atoms with E-state index >= 15 is 0 Å². The second-order valence-electron chi connectivity index (χ2n) is 3.15. The zero-order chi connectivity index (χ0) is 11.1. The molecule has 0 aliphatic carbocycles. The normalized spacial score (nSPS) is 11.8. The molecule has 0 aliphatic heterocycles. The maximum absolute atomic E-state index is 10.7. The third-order valence-corrected chi connectivity index (χ3v) is 2.92. The van der Waals surface area contributed by atoms with E-state index in [0.29, 0.717) is 5.39 Å². The molecule has 78 valence electrons. The van der Waals surface area contributed by atoms with Crippen LogP contribution in [0.15, 0.2) is 41.3 Å². The van der Waals surface area contributed by atoms with Gasteiger partial charge >= 0.3 is 0 Å². The highest BCUT2D eigenvalue weighted by Crippen LogP contribution is 2.22. The van der Waals surface area contributed by atoms with Gasteiger partial charge < -0.3 is 9.66 Å². The van der Waals surface area contributed by atoms with Crippen molar-refractivity contribution in [3.05, 3.63) is 36.4 Å². The average molecular weight is 223 g/mol. The quantitative estimate of drug-likeness (QED) is 0.742. The molecule has 0 heterocycles. The molecule has 0 amide bonds. The highest BCUT2D eigenvalue weighted by atomic mass is 32.2. The smallest absolute Gasteiger partial charge is 0.124 e. The Balaban J connectivity index is 2.75. The summed E-state index contributed by atoms with van der Waals surface area (Å²) >= 11 is 0. The van der Waals surface area contributed by atoms with Crippen LogP contribution in [0, 0.1) is 0 Å². The molecule has 0 radical (unpaired) electrons. The summed E-state index contributed by atoms with van der Waals surface area (Å²) < 4.78 is 32.2. The molecule has 2 aromatic carbocycles. The molecule has 0 aliphatic rings. The summed E-state index contributed by atoms with van der Waals surface area (Å²) in [5.41, 5.74) is 0. The van der Waals surface area contributed by atoms with Gasteiger partial charge in [0.25, 0.3) is 0 Å². The van der Waals surface area contributed by atoms with E-state index in [0.717, 1.165) is 5.39 Å². The monoisotopic (exact) mass is 223 g/mol. The first kappa shape index (κ1) is 9.95. The van der Waals surface area contributed by atoms with Gasteiger partial charge in [-0.15, -0.1) is 0 Å². The molecular formula is C10H7O4S-. The third-order valence-electron chi connectivity index (χ3n) is 2.08. The molecule has 2 rings (SSSR count). The number of benzene rings is 2. The molecule has 0 saturated heterocycles. The number of phenols is 1. The number of fused-ring (bicyclic) bond motifs is 1. The summed E-state index contributed by atoms with van der Waals surface area (Å²) in [6.45, 7) is 0. The minimum atomic E-state index is -4.44. The second-order valence-corrected chi connectivity index (χ2v) is 4.53. The van der Waals surface area contributed by atoms with Gasteiger partial charge in [-0.25, -0.2) is 8.42 Å². The molecule has 0 atom stereocenters. The van der Waals surface area contributed by atoms with Crippen molar-refractivity contribution in [1.82, 2.24) is 0 Å². The zero-order valence-corrected chi connectivity index (χ0v) is 8.36. The van der Waals surface area contributed by atoms with Gasteiger partial charge in [-0.1, -0.05) is 12.1 Å². The van der Waals surface area contributed by atoms with Crippen molar-refractivity contribution in [3.63, 3.8) is 0 Å². The standard InChI is InChI=1S/C10H8O4S/c11-9-3-1-7-2-4-10(15(12,13)14)6-8(7)5-9/h1-6,11H,(H,12,13,14)/p-1. The van der Waals surface area contributed by atoms with Crippen LogP contribution in [0.4, 0.5) is 0 Å². The van der Waals surface area contributed by atoms with Crippen LogP contribution in [0.5, 0.6) is 5.75 Å². The fourth-order valence-corrected chi connectivity index (χ4v) is 1.87. The van der Waals surface area contributed by atoms with Crippen molar-refractivity contribution >= 4 is 20.9 Å². The van der Waals surface area contributed by atoms with Crippen LogP contribution in [0.2, 0.25) is 0 Å². The Morgan fingerprint density at radius 3 is 2.33 bits per heavy atom. The fraction of sp³-hybridized carbons (Fsp3) is 0. The molecule has 4 nitrogen and oxygen atoms in total. The van der Waals surface area contributed by atoms with E-state index in [9.17, 15) is 18.1 Å². The minimum Gasteiger partial charge on any atom is -0.744 e. The second kappa shape index (κ2) is 3.22. The third kappa shape index (κ3) is 1.93. The summed E-state index contributed by atoms with van der Waals surface area (Å²) in [6.07, 6.45) is 0. The predicted molar refractivity (Wildman–Crippen MR) is 53.6 cm³/mol. The Hall–Kier alpha value is -1.59. The molecule has 0 spiro atoms. The van der Waals surface area contributed by atoms with Crippen molar-refractivity contribution in [2.45, 2.75) is 4.90 Å². The number of hydrogen-bond donors (Lipinski definition) is 1. The molecule has 5 heteroatoms. The Morgan fingerprint density at radius 1 is 1.00 bits per heavy atom. The Labute approximate surface area is 86.5 Å². The van der Waals surface area contributed by atoms with Crippen molar-refractivity contribution < 1.29 is 18.1 Å². The average Bonchev–Trinajstić information content (AvgIpc) is 2.15. The SMILES string of the molecule is O=S(=O)([O-])c1ccc2ccc(O)cc2c1. The number of aromatic hydroxyl groups is 1. The van der Waals surface area contributed by atoms with Gasteiger partial charge in [0.15, 0.2) is 0 Å². The van der Waals surface area contributed by atoms with Crippen molar-refractivity contribution in [2.24, 2.45) is 0 Å². The largest absolute Gasteiger partial charge is 0.744 e. The summed E-state index contributed by atoms with van der Waals surface area (Å²) in [7, 11) is -4.44. The predicted octanol–water partition coefficient (Wildman–Crippen LogP) is 1.45. The van der Waals surface area contributed by atoms with E-state index in [-0.39, 0.29) is 10.6 Å². The maximum atomic E-state index is 10.7. The highest BCUT2D eigenvalue weighted by molar-refractivity contribution is 7.85. The molecule has 15 heavy (non-hydrogen) atoms. The first-order valence-corrected chi connectivity index (χ1v) is 5.56. The van der Waals surface area contributed by atoms with Gasteiger partial charge in [0, 0.05) is 0 Å². The highest BCUT2D eigenvalue weighted by Gasteiger charge is 2.02. The number of hydrogen-bond acceptors (Lipinski definition) is 4. The van der Waals surface area contributed by atoms with Crippen LogP contribution in [-0.2, 0) is 10.1 Å². The van der Waals surface area contributed by atoms with Gasteiger partial charge in [0.1, 0.15) is 15.9 Å². The summed E-state index contributed by atoms with van der Waals surface area (Å²) in [5, 5.41) is 10.5. The summed E-state index contributed by atoms with van der Waals surface area (Å²) in [4.78, 5) is -0.291. The van der Waals surface area contributed by atoms with E-state index in [4.69, 9.17) is 0 Å². The van der Waals surface area contributed by atoms with E-state index in [1.807, 2.05) is 0 Å². The fourth-order valence-electron chi connectivity index (χ4n) is 1.37. The molecule has 0 aromatic heterocycles. The molecule has 0 unspecified atom stereocenters. The zero-order valence-electron chi connectivity index (χ0n) is 7.54. The van der Waals surface area contributed by atoms with Crippen molar-refractivity contribution in [3.8, 4) is 5.75 Å². The lowest BCUT2D eigenvalue weighted by Crippen LogP contribution is -1.97. The van der Waals surface area contributed by atoms with E-state index < -0.39 is 10.1 Å². The van der Waals surface area contributed by atoms with Crippen LogP contribution < -0.4 is 0 Å². The lowest BCUT2D eigenvalue weighted by Gasteiger charge is -2.07. The van der Waals surface area contributed by atoms with Crippen LogP contribution in [0.3, 0.4) is 0 Å². The molecule has 0 fully saturated rings. The molecule has 0 saturated carbocycles. The van der Waals surface area contributed by atoms with Crippen LogP contribution in [-0.4, -0.2) is 18.1 Å². The van der Waals surface area contributed by atoms with Gasteiger partial charge in [-0.05, 0) is 35.0 Å². The first-order valence-electron chi connectivity index (χ1n) is 4.15. The van der Waals surface area contributed by atoms with E-state index in [1.165, 1.54) is 30.3 Å². The lowest BCUT2D eigenvalue weighted by molar-refractivity contribution is 0.463. The van der Waals surface area contributed by atoms with Crippen LogP contribution in [0.25, 0.3) is 10.8 Å². The number of phenolic OH excluding ortho intramolecular Hbond substituents is 1. The topological polar surface area (TPSA) is 77.4 Å². The van der Waals surface area contributed by atoms with Gasteiger partial charge in [-0.3, -0.25) is 0 Å². The maximum Gasteiger partial charge on any atom is 0.124 e. The van der Waals surface area contributed by atoms with Crippen LogP contribution in [0.1, 0.15) is 0 Å². The molecular weight excluding hydrogens is 216 g/mol. The molecule has 0 bridgehead atoms. The van der Waals surface area contributed by atoms with E-state index in [2.05, 4.69) is 0 Å². The minimum absolute atomic E-state index is 0.0305. The van der Waals surface area contributed by atoms with Crippen molar-refractivity contribution in [1.29, 1.82) is 0 Å². The van der Waals surface area contributed by atoms with Gasteiger partial charge in [0.05, 0.1) is 4.90 Å². The summed E-state index contributed by atoms with van der Waals surface area (Å²) in [6, 6.07) is 8.57. The van der Waals surface area contributed by atoms with Crippen molar-refractivity contribution in [2.75, 3.05) is 0 Å². The molecule has 2 aromatic rings. The Morgan fingerprint density at radius 2 is 1.67 bits per heavy atom. The Bertz CT molecular complexity index is 616. The molecule has 1 N–H and O–H groups in total. The Kier molecular flexibility index (Phi) is 2.13. The first-order chi connectivity index (χ1) is 6.97. The van der Waals surface area contributed by atoms with E-state index in [1.54, 1.807) is 6.07 Å².